The molecular formula is C24H30ClN3O2. The first-order chi connectivity index (χ1) is 14.6. The summed E-state index contributed by atoms with van der Waals surface area (Å²) in [5.74, 6) is 0.145. The van der Waals surface area contributed by atoms with E-state index in [1.54, 1.807) is 24.3 Å². The van der Waals surface area contributed by atoms with E-state index in [1.807, 2.05) is 29.2 Å². The summed E-state index contributed by atoms with van der Waals surface area (Å²) in [4.78, 5) is 27.5. The lowest BCUT2D eigenvalue weighted by Crippen LogP contribution is -2.37. The smallest absolute Gasteiger partial charge is 0.255 e. The lowest BCUT2D eigenvalue weighted by Gasteiger charge is -2.29. The molecule has 6 heteroatoms. The molecule has 1 aliphatic rings. The summed E-state index contributed by atoms with van der Waals surface area (Å²) < 4.78 is 0. The van der Waals surface area contributed by atoms with E-state index in [0.717, 1.165) is 37.7 Å². The molecule has 0 aliphatic heterocycles. The Morgan fingerprint density at radius 1 is 1.07 bits per heavy atom. The lowest BCUT2D eigenvalue weighted by molar-refractivity contribution is -0.137. The average molecular weight is 428 g/mol. The minimum Gasteiger partial charge on any atom is -0.338 e. The Morgan fingerprint density at radius 2 is 1.83 bits per heavy atom. The van der Waals surface area contributed by atoms with Gasteiger partial charge in [0.25, 0.3) is 5.91 Å². The van der Waals surface area contributed by atoms with E-state index in [2.05, 4.69) is 5.32 Å². The normalized spacial score (nSPS) is 14.3. The summed E-state index contributed by atoms with van der Waals surface area (Å²) in [5, 5.41) is 3.44. The second-order valence-corrected chi connectivity index (χ2v) is 8.34. The van der Waals surface area contributed by atoms with Gasteiger partial charge in [-0.25, -0.2) is 0 Å². The Hall–Kier alpha value is -2.37. The molecule has 5 nitrogen and oxygen atoms in total. The third-order valence-corrected chi connectivity index (χ3v) is 5.78. The lowest BCUT2D eigenvalue weighted by atomic mass is 9.88. The van der Waals surface area contributed by atoms with Crippen molar-refractivity contribution in [3.05, 3.63) is 64.7 Å². The van der Waals surface area contributed by atoms with Crippen molar-refractivity contribution in [2.45, 2.75) is 45.1 Å². The summed E-state index contributed by atoms with van der Waals surface area (Å²) in [6, 6.07) is 14.5. The molecule has 0 radical (unpaired) electrons. The summed E-state index contributed by atoms with van der Waals surface area (Å²) >= 11 is 5.98. The number of halogens is 1. The summed E-state index contributed by atoms with van der Waals surface area (Å²) in [6.45, 7) is 1.74. The van der Waals surface area contributed by atoms with Gasteiger partial charge in [0.15, 0.2) is 0 Å². The number of amides is 2. The third-order valence-electron chi connectivity index (χ3n) is 5.54. The summed E-state index contributed by atoms with van der Waals surface area (Å²) in [5.41, 5.74) is 7.89. The van der Waals surface area contributed by atoms with Crippen LogP contribution in [0.15, 0.2) is 48.5 Å². The Kier molecular flexibility index (Phi) is 8.29. The van der Waals surface area contributed by atoms with Crippen LogP contribution in [-0.2, 0) is 11.3 Å². The van der Waals surface area contributed by atoms with Crippen LogP contribution in [0.1, 0.15) is 54.4 Å². The highest BCUT2D eigenvalue weighted by molar-refractivity contribution is 6.31. The molecule has 2 aromatic rings. The number of carbonyl (C=O) groups excluding carboxylic acids is 2. The topological polar surface area (TPSA) is 75.4 Å². The van der Waals surface area contributed by atoms with Crippen LogP contribution in [0.5, 0.6) is 0 Å². The fraction of sp³-hybridized carbons (Fsp3) is 0.417. The number of benzene rings is 2. The fourth-order valence-electron chi connectivity index (χ4n) is 3.96. The van der Waals surface area contributed by atoms with E-state index >= 15 is 0 Å². The van der Waals surface area contributed by atoms with Crippen molar-refractivity contribution in [2.75, 3.05) is 18.4 Å². The number of hydrogen-bond acceptors (Lipinski definition) is 3. The molecule has 0 unspecified atom stereocenters. The van der Waals surface area contributed by atoms with Gasteiger partial charge in [-0.05, 0) is 61.7 Å². The van der Waals surface area contributed by atoms with Gasteiger partial charge in [-0.15, -0.1) is 0 Å². The van der Waals surface area contributed by atoms with Gasteiger partial charge in [0, 0.05) is 35.3 Å². The summed E-state index contributed by atoms with van der Waals surface area (Å²) in [6.07, 6.45) is 6.23. The molecule has 2 amide bonds. The summed E-state index contributed by atoms with van der Waals surface area (Å²) in [7, 11) is 0. The number of hydrogen-bond donors (Lipinski definition) is 2. The van der Waals surface area contributed by atoms with Crippen molar-refractivity contribution in [3.63, 3.8) is 0 Å². The maximum atomic E-state index is 13.1. The highest BCUT2D eigenvalue weighted by Crippen LogP contribution is 2.26. The van der Waals surface area contributed by atoms with E-state index in [4.69, 9.17) is 17.3 Å². The fourth-order valence-corrected chi connectivity index (χ4v) is 4.15. The van der Waals surface area contributed by atoms with Crippen molar-refractivity contribution < 1.29 is 9.59 Å². The first-order valence-electron chi connectivity index (χ1n) is 10.7. The van der Waals surface area contributed by atoms with Crippen LogP contribution in [-0.4, -0.2) is 29.8 Å². The highest BCUT2D eigenvalue weighted by Gasteiger charge is 2.25. The van der Waals surface area contributed by atoms with E-state index in [0.29, 0.717) is 35.9 Å². The number of nitrogens with zero attached hydrogens (tertiary/aromatic N) is 1. The maximum absolute atomic E-state index is 13.1. The maximum Gasteiger partial charge on any atom is 0.255 e. The highest BCUT2D eigenvalue weighted by atomic mass is 35.5. The quantitative estimate of drug-likeness (QED) is 0.632. The molecule has 1 saturated carbocycles. The van der Waals surface area contributed by atoms with Crippen LogP contribution in [0.25, 0.3) is 0 Å². The zero-order valence-corrected chi connectivity index (χ0v) is 18.0. The molecular weight excluding hydrogens is 398 g/mol. The molecule has 1 fully saturated rings. The zero-order chi connectivity index (χ0) is 21.3. The van der Waals surface area contributed by atoms with Gasteiger partial charge in [0.1, 0.15) is 0 Å². The van der Waals surface area contributed by atoms with E-state index < -0.39 is 0 Å². The van der Waals surface area contributed by atoms with Crippen molar-refractivity contribution in [1.29, 1.82) is 0 Å². The van der Waals surface area contributed by atoms with Gasteiger partial charge in [-0.3, -0.25) is 9.59 Å². The van der Waals surface area contributed by atoms with E-state index in [9.17, 15) is 9.59 Å². The molecule has 3 N–H and O–H groups in total. The van der Waals surface area contributed by atoms with Gasteiger partial charge in [0.2, 0.25) is 5.91 Å². The SMILES string of the molecule is NCCCN(Cc1cccc(NC(=O)c2cccc(Cl)c2)c1)C(=O)C1CCCCC1. The average Bonchev–Trinajstić information content (AvgIpc) is 2.77. The molecule has 0 spiro atoms. The van der Waals surface area contributed by atoms with Gasteiger partial charge in [0.05, 0.1) is 0 Å². The Bertz CT molecular complexity index is 865. The van der Waals surface area contributed by atoms with Gasteiger partial charge in [-0.1, -0.05) is 49.1 Å². The number of nitrogens with one attached hydrogen (secondary N) is 1. The van der Waals surface area contributed by atoms with Crippen LogP contribution < -0.4 is 11.1 Å². The molecule has 0 saturated heterocycles. The predicted molar refractivity (Wildman–Crippen MR) is 122 cm³/mol. The monoisotopic (exact) mass is 427 g/mol. The molecule has 0 heterocycles. The van der Waals surface area contributed by atoms with Crippen molar-refractivity contribution in [3.8, 4) is 0 Å². The van der Waals surface area contributed by atoms with Crippen LogP contribution in [0.3, 0.4) is 0 Å². The second kappa shape index (κ2) is 11.1. The Balaban J connectivity index is 1.69. The van der Waals surface area contributed by atoms with Crippen LogP contribution in [0.2, 0.25) is 5.02 Å². The number of anilines is 1. The third kappa shape index (κ3) is 6.31. The molecule has 160 valence electrons. The van der Waals surface area contributed by atoms with Crippen molar-refractivity contribution in [2.24, 2.45) is 11.7 Å². The largest absolute Gasteiger partial charge is 0.338 e. The molecule has 0 atom stereocenters. The van der Waals surface area contributed by atoms with Gasteiger partial charge >= 0.3 is 0 Å². The number of rotatable bonds is 8. The molecule has 30 heavy (non-hydrogen) atoms. The van der Waals surface area contributed by atoms with Crippen molar-refractivity contribution >= 4 is 29.1 Å². The second-order valence-electron chi connectivity index (χ2n) is 7.90. The standard InChI is InChI=1S/C24H30ClN3O2/c25-21-11-5-10-20(16-21)23(29)27-22-12-4-7-18(15-22)17-28(14-6-13-26)24(30)19-8-2-1-3-9-19/h4-5,7,10-12,15-16,19H,1-3,6,8-9,13-14,17,26H2,(H,27,29). The van der Waals surface area contributed by atoms with E-state index in [1.165, 1.54) is 6.42 Å². The predicted octanol–water partition coefficient (Wildman–Crippen LogP) is 4.85. The van der Waals surface area contributed by atoms with Crippen LogP contribution in [0, 0.1) is 5.92 Å². The van der Waals surface area contributed by atoms with Crippen molar-refractivity contribution in [1.82, 2.24) is 4.90 Å². The van der Waals surface area contributed by atoms with Crippen LogP contribution >= 0.6 is 11.6 Å². The molecule has 2 aromatic carbocycles. The van der Waals surface area contributed by atoms with Gasteiger partial charge < -0.3 is 16.0 Å². The molecule has 0 bridgehead atoms. The first-order valence-corrected chi connectivity index (χ1v) is 11.1. The zero-order valence-electron chi connectivity index (χ0n) is 17.3. The number of nitrogens with two attached hydrogens (primary N) is 1. The molecule has 1 aliphatic carbocycles. The molecule has 3 rings (SSSR count). The Labute approximate surface area is 183 Å². The van der Waals surface area contributed by atoms with Gasteiger partial charge in [-0.2, -0.15) is 0 Å². The van der Waals surface area contributed by atoms with E-state index in [-0.39, 0.29) is 17.7 Å². The number of carbonyl (C=O) groups is 2. The molecule has 0 aromatic heterocycles. The minimum atomic E-state index is -0.215. The minimum absolute atomic E-state index is 0.127. The van der Waals surface area contributed by atoms with Crippen LogP contribution in [0.4, 0.5) is 5.69 Å². The Morgan fingerprint density at radius 3 is 2.57 bits per heavy atom. The first kappa shape index (κ1) is 22.3.